The summed E-state index contributed by atoms with van der Waals surface area (Å²) in [7, 11) is 1.33. The molecular formula is C14H16O4. The third-order valence-electron chi connectivity index (χ3n) is 2.39. The van der Waals surface area contributed by atoms with Crippen LogP contribution in [0.1, 0.15) is 28.4 Å². The number of carbonyl (C=O) groups is 2. The molecule has 0 aromatic heterocycles. The third-order valence-corrected chi connectivity index (χ3v) is 2.39. The van der Waals surface area contributed by atoms with E-state index in [4.69, 9.17) is 4.74 Å². The van der Waals surface area contributed by atoms with E-state index in [0.29, 0.717) is 12.2 Å². The normalized spacial score (nSPS) is 10.4. The molecule has 0 aliphatic carbocycles. The fourth-order valence-corrected chi connectivity index (χ4v) is 1.41. The Kier molecular flexibility index (Phi) is 5.11. The molecule has 4 heteroatoms. The molecule has 0 heterocycles. The van der Waals surface area contributed by atoms with Gasteiger partial charge in [-0.05, 0) is 43.2 Å². The van der Waals surface area contributed by atoms with Crippen molar-refractivity contribution in [2.45, 2.75) is 13.8 Å². The molecular weight excluding hydrogens is 232 g/mol. The van der Waals surface area contributed by atoms with E-state index in [-0.39, 0.29) is 0 Å². The third kappa shape index (κ3) is 3.73. The summed E-state index contributed by atoms with van der Waals surface area (Å²) in [6.07, 6.45) is 2.96. The summed E-state index contributed by atoms with van der Waals surface area (Å²) in [5.41, 5.74) is 2.20. The molecule has 0 radical (unpaired) electrons. The van der Waals surface area contributed by atoms with Crippen molar-refractivity contribution in [1.29, 1.82) is 0 Å². The summed E-state index contributed by atoms with van der Waals surface area (Å²) in [5, 5.41) is 0. The van der Waals surface area contributed by atoms with Crippen LogP contribution in [0.3, 0.4) is 0 Å². The van der Waals surface area contributed by atoms with Crippen LogP contribution in [-0.2, 0) is 14.3 Å². The fraction of sp³-hybridized carbons (Fsp3) is 0.286. The lowest BCUT2D eigenvalue weighted by Crippen LogP contribution is -2.02. The first-order valence-electron chi connectivity index (χ1n) is 5.62. The van der Waals surface area contributed by atoms with Gasteiger partial charge in [-0.3, -0.25) is 0 Å². The summed E-state index contributed by atoms with van der Waals surface area (Å²) >= 11 is 0. The minimum absolute atomic E-state index is 0.338. The Hall–Kier alpha value is -2.10. The molecule has 0 N–H and O–H groups in total. The quantitative estimate of drug-likeness (QED) is 0.606. The summed E-state index contributed by atoms with van der Waals surface area (Å²) in [6.45, 7) is 3.98. The molecule has 1 rings (SSSR count). The number of ether oxygens (including phenoxy) is 2. The predicted molar refractivity (Wildman–Crippen MR) is 68.2 cm³/mol. The molecule has 0 atom stereocenters. The Bertz CT molecular complexity index is 475. The van der Waals surface area contributed by atoms with E-state index in [1.807, 2.05) is 6.92 Å². The second-order valence-corrected chi connectivity index (χ2v) is 3.65. The Balaban J connectivity index is 2.94. The van der Waals surface area contributed by atoms with Crippen LogP contribution in [0, 0.1) is 6.92 Å². The van der Waals surface area contributed by atoms with Crippen LogP contribution < -0.4 is 0 Å². The van der Waals surface area contributed by atoms with Gasteiger partial charge in [0.2, 0.25) is 0 Å². The largest absolute Gasteiger partial charge is 0.465 e. The highest BCUT2D eigenvalue weighted by atomic mass is 16.5. The number of rotatable bonds is 4. The predicted octanol–water partition coefficient (Wildman–Crippen LogP) is 2.36. The first kappa shape index (κ1) is 14.0. The highest BCUT2D eigenvalue weighted by Gasteiger charge is 2.06. The van der Waals surface area contributed by atoms with Gasteiger partial charge >= 0.3 is 11.9 Å². The van der Waals surface area contributed by atoms with Gasteiger partial charge in [0.1, 0.15) is 0 Å². The number of hydrogen-bond donors (Lipinski definition) is 0. The molecule has 0 bridgehead atoms. The standard InChI is InChI=1S/C14H16O4/c1-4-18-13(15)8-7-11-9-12(14(16)17-3)6-5-10(11)2/h5-9H,4H2,1-3H3. The number of hydrogen-bond acceptors (Lipinski definition) is 4. The van der Waals surface area contributed by atoms with Crippen LogP contribution in [0.15, 0.2) is 24.3 Å². The molecule has 0 aliphatic heterocycles. The van der Waals surface area contributed by atoms with Crippen molar-refractivity contribution >= 4 is 18.0 Å². The van der Waals surface area contributed by atoms with E-state index in [9.17, 15) is 9.59 Å². The number of benzene rings is 1. The molecule has 0 spiro atoms. The zero-order valence-corrected chi connectivity index (χ0v) is 10.7. The topological polar surface area (TPSA) is 52.6 Å². The van der Waals surface area contributed by atoms with Crippen LogP contribution in [0.5, 0.6) is 0 Å². The summed E-state index contributed by atoms with van der Waals surface area (Å²) in [5.74, 6) is -0.804. The van der Waals surface area contributed by atoms with Crippen LogP contribution >= 0.6 is 0 Å². The van der Waals surface area contributed by atoms with Crippen molar-refractivity contribution in [2.24, 2.45) is 0 Å². The van der Waals surface area contributed by atoms with Gasteiger partial charge < -0.3 is 9.47 Å². The molecule has 0 amide bonds. The van der Waals surface area contributed by atoms with Crippen LogP contribution in [-0.4, -0.2) is 25.7 Å². The maximum atomic E-state index is 11.4. The molecule has 0 unspecified atom stereocenters. The molecule has 0 saturated heterocycles. The lowest BCUT2D eigenvalue weighted by Gasteiger charge is -2.04. The van der Waals surface area contributed by atoms with Gasteiger partial charge in [0.15, 0.2) is 0 Å². The second-order valence-electron chi connectivity index (χ2n) is 3.65. The average molecular weight is 248 g/mol. The van der Waals surface area contributed by atoms with Crippen molar-refractivity contribution in [3.8, 4) is 0 Å². The molecule has 96 valence electrons. The average Bonchev–Trinajstić information content (AvgIpc) is 2.37. The van der Waals surface area contributed by atoms with Gasteiger partial charge in [-0.25, -0.2) is 9.59 Å². The Labute approximate surface area is 106 Å². The van der Waals surface area contributed by atoms with E-state index in [1.165, 1.54) is 13.2 Å². The molecule has 0 fully saturated rings. The molecule has 0 saturated carbocycles. The van der Waals surface area contributed by atoms with E-state index in [0.717, 1.165) is 11.1 Å². The minimum atomic E-state index is -0.402. The lowest BCUT2D eigenvalue weighted by molar-refractivity contribution is -0.137. The number of esters is 2. The SMILES string of the molecule is CCOC(=O)C=Cc1cc(C(=O)OC)ccc1C. The molecule has 4 nitrogen and oxygen atoms in total. The van der Waals surface area contributed by atoms with Crippen LogP contribution in [0.4, 0.5) is 0 Å². The van der Waals surface area contributed by atoms with Gasteiger partial charge in [0.25, 0.3) is 0 Å². The first-order valence-corrected chi connectivity index (χ1v) is 5.62. The van der Waals surface area contributed by atoms with Gasteiger partial charge in [0, 0.05) is 6.08 Å². The Morgan fingerprint density at radius 2 is 2.06 bits per heavy atom. The van der Waals surface area contributed by atoms with Crippen molar-refractivity contribution in [3.05, 3.63) is 41.0 Å². The Morgan fingerprint density at radius 1 is 1.33 bits per heavy atom. The van der Waals surface area contributed by atoms with E-state index in [1.54, 1.807) is 31.2 Å². The van der Waals surface area contributed by atoms with Crippen molar-refractivity contribution < 1.29 is 19.1 Å². The van der Waals surface area contributed by atoms with Gasteiger partial charge in [-0.2, -0.15) is 0 Å². The second kappa shape index (κ2) is 6.59. The summed E-state index contributed by atoms with van der Waals surface area (Å²) in [4.78, 5) is 22.6. The minimum Gasteiger partial charge on any atom is -0.465 e. The number of carbonyl (C=O) groups excluding carboxylic acids is 2. The molecule has 0 aliphatic rings. The zero-order valence-electron chi connectivity index (χ0n) is 10.7. The highest BCUT2D eigenvalue weighted by Crippen LogP contribution is 2.14. The lowest BCUT2D eigenvalue weighted by atomic mass is 10.0. The monoisotopic (exact) mass is 248 g/mol. The molecule has 1 aromatic carbocycles. The van der Waals surface area contributed by atoms with Gasteiger partial charge in [-0.15, -0.1) is 0 Å². The summed E-state index contributed by atoms with van der Waals surface area (Å²) in [6, 6.07) is 5.16. The zero-order chi connectivity index (χ0) is 13.5. The molecule has 18 heavy (non-hydrogen) atoms. The molecule has 1 aromatic rings. The highest BCUT2D eigenvalue weighted by molar-refractivity contribution is 5.91. The van der Waals surface area contributed by atoms with Crippen molar-refractivity contribution in [1.82, 2.24) is 0 Å². The van der Waals surface area contributed by atoms with Crippen molar-refractivity contribution in [3.63, 3.8) is 0 Å². The van der Waals surface area contributed by atoms with Gasteiger partial charge in [0.05, 0.1) is 19.3 Å². The maximum absolute atomic E-state index is 11.4. The maximum Gasteiger partial charge on any atom is 0.337 e. The first-order chi connectivity index (χ1) is 8.58. The fourth-order valence-electron chi connectivity index (χ4n) is 1.41. The van der Waals surface area contributed by atoms with E-state index in [2.05, 4.69) is 4.74 Å². The smallest absolute Gasteiger partial charge is 0.337 e. The Morgan fingerprint density at radius 3 is 2.67 bits per heavy atom. The summed E-state index contributed by atoms with van der Waals surface area (Å²) < 4.78 is 9.43. The van der Waals surface area contributed by atoms with Crippen molar-refractivity contribution in [2.75, 3.05) is 13.7 Å². The van der Waals surface area contributed by atoms with Gasteiger partial charge in [-0.1, -0.05) is 6.07 Å². The number of methoxy groups -OCH3 is 1. The van der Waals surface area contributed by atoms with Crippen LogP contribution in [0.25, 0.3) is 6.08 Å². The van der Waals surface area contributed by atoms with E-state index < -0.39 is 11.9 Å². The van der Waals surface area contributed by atoms with E-state index >= 15 is 0 Å². The van der Waals surface area contributed by atoms with Crippen LogP contribution in [0.2, 0.25) is 0 Å². The number of aryl methyl sites for hydroxylation is 1.